The average molecular weight is 423 g/mol. The molecule has 1 unspecified atom stereocenters. The van der Waals surface area contributed by atoms with Crippen LogP contribution in [0.2, 0.25) is 0 Å². The molecule has 0 saturated carbocycles. The first-order chi connectivity index (χ1) is 15.0. The van der Waals surface area contributed by atoms with E-state index in [1.54, 1.807) is 12.1 Å². The van der Waals surface area contributed by atoms with Crippen molar-refractivity contribution in [2.24, 2.45) is 0 Å². The van der Waals surface area contributed by atoms with Gasteiger partial charge < -0.3 is 23.9 Å². The van der Waals surface area contributed by atoms with E-state index in [1.165, 1.54) is 6.07 Å². The maximum Gasteiger partial charge on any atom is 0.336 e. The van der Waals surface area contributed by atoms with Crippen molar-refractivity contribution in [1.82, 2.24) is 5.32 Å². The van der Waals surface area contributed by atoms with Gasteiger partial charge in [-0.2, -0.15) is 0 Å². The molecule has 2 aromatic carbocycles. The molecular weight excluding hydrogens is 398 g/mol. The Hall–Kier alpha value is -3.48. The second-order valence-electron chi connectivity index (χ2n) is 7.48. The number of amides is 1. The third-order valence-corrected chi connectivity index (χ3v) is 5.13. The summed E-state index contributed by atoms with van der Waals surface area (Å²) in [5.41, 5.74) is 1.93. The van der Waals surface area contributed by atoms with Crippen molar-refractivity contribution in [3.63, 3.8) is 0 Å². The van der Waals surface area contributed by atoms with Crippen LogP contribution in [0.15, 0.2) is 51.7 Å². The van der Waals surface area contributed by atoms with Gasteiger partial charge in [-0.25, -0.2) is 4.79 Å². The third-order valence-electron chi connectivity index (χ3n) is 5.13. The van der Waals surface area contributed by atoms with E-state index in [2.05, 4.69) is 12.2 Å². The lowest BCUT2D eigenvalue weighted by Gasteiger charge is -2.21. The Labute approximate surface area is 179 Å². The number of fused-ring (bicyclic) bond motifs is 2. The number of carbonyl (C=O) groups excluding carboxylic acids is 1. The fourth-order valence-corrected chi connectivity index (χ4v) is 3.62. The molecule has 1 aliphatic heterocycles. The van der Waals surface area contributed by atoms with E-state index in [-0.39, 0.29) is 24.2 Å². The second kappa shape index (κ2) is 9.12. The van der Waals surface area contributed by atoms with Crippen molar-refractivity contribution in [3.05, 3.63) is 64.0 Å². The first-order valence-electron chi connectivity index (χ1n) is 10.4. The predicted octanol–water partition coefficient (Wildman–Crippen LogP) is 3.77. The Balaban J connectivity index is 1.39. The molecule has 2 heterocycles. The highest BCUT2D eigenvalue weighted by Gasteiger charge is 2.16. The third kappa shape index (κ3) is 4.82. The van der Waals surface area contributed by atoms with Gasteiger partial charge in [0.1, 0.15) is 24.5 Å². The van der Waals surface area contributed by atoms with Crippen molar-refractivity contribution < 1.29 is 23.4 Å². The summed E-state index contributed by atoms with van der Waals surface area (Å²) in [7, 11) is 0. The van der Waals surface area contributed by atoms with Crippen LogP contribution in [0.5, 0.6) is 17.2 Å². The standard InChI is InChI=1S/C24H25NO6/c1-3-4-17-12-24(27)31-21-13-18(6-7-19(17)21)30-14-23(26)25-15(2)16-5-8-20-22(11-16)29-10-9-28-20/h5-8,11-13,15H,3-4,9-10,14H2,1-2H3,(H,25,26). The molecular formula is C24H25NO6. The largest absolute Gasteiger partial charge is 0.486 e. The number of hydrogen-bond donors (Lipinski definition) is 1. The monoisotopic (exact) mass is 423 g/mol. The zero-order valence-corrected chi connectivity index (χ0v) is 17.6. The molecule has 7 heteroatoms. The van der Waals surface area contributed by atoms with Gasteiger partial charge in [0, 0.05) is 17.5 Å². The Morgan fingerprint density at radius 2 is 1.90 bits per heavy atom. The van der Waals surface area contributed by atoms with Crippen molar-refractivity contribution >= 4 is 16.9 Å². The number of rotatable bonds is 7. The van der Waals surface area contributed by atoms with Crippen molar-refractivity contribution in [2.75, 3.05) is 19.8 Å². The molecule has 3 aromatic rings. The van der Waals surface area contributed by atoms with E-state index in [1.807, 2.05) is 31.2 Å². The summed E-state index contributed by atoms with van der Waals surface area (Å²) >= 11 is 0. The van der Waals surface area contributed by atoms with Crippen molar-refractivity contribution in [1.29, 1.82) is 0 Å². The zero-order chi connectivity index (χ0) is 21.8. The van der Waals surface area contributed by atoms with E-state index in [0.29, 0.717) is 36.0 Å². The molecule has 0 fully saturated rings. The van der Waals surface area contributed by atoms with Gasteiger partial charge >= 0.3 is 5.63 Å². The van der Waals surface area contributed by atoms with E-state index in [0.717, 1.165) is 29.4 Å². The van der Waals surface area contributed by atoms with Crippen LogP contribution in [0.3, 0.4) is 0 Å². The van der Waals surface area contributed by atoms with Crippen LogP contribution in [-0.4, -0.2) is 25.7 Å². The Bertz CT molecular complexity index is 1150. The van der Waals surface area contributed by atoms with Gasteiger partial charge in [-0.3, -0.25) is 4.79 Å². The SMILES string of the molecule is CCCc1cc(=O)oc2cc(OCC(=O)NC(C)c3ccc4c(c3)OCCO4)ccc12. The van der Waals surface area contributed by atoms with E-state index < -0.39 is 0 Å². The molecule has 0 radical (unpaired) electrons. The van der Waals surface area contributed by atoms with Crippen LogP contribution < -0.4 is 25.2 Å². The summed E-state index contributed by atoms with van der Waals surface area (Å²) in [5.74, 6) is 1.60. The molecule has 31 heavy (non-hydrogen) atoms. The van der Waals surface area contributed by atoms with Crippen molar-refractivity contribution in [2.45, 2.75) is 32.7 Å². The normalized spacial score (nSPS) is 13.6. The van der Waals surface area contributed by atoms with E-state index in [4.69, 9.17) is 18.6 Å². The highest BCUT2D eigenvalue weighted by molar-refractivity contribution is 5.82. The first kappa shape index (κ1) is 20.8. The summed E-state index contributed by atoms with van der Waals surface area (Å²) < 4.78 is 22.1. The van der Waals surface area contributed by atoms with Gasteiger partial charge in [0.2, 0.25) is 0 Å². The number of carbonyl (C=O) groups is 1. The maximum atomic E-state index is 12.4. The van der Waals surface area contributed by atoms with Crippen molar-refractivity contribution in [3.8, 4) is 17.2 Å². The number of nitrogens with one attached hydrogen (secondary N) is 1. The van der Waals surface area contributed by atoms with E-state index in [9.17, 15) is 9.59 Å². The summed E-state index contributed by atoms with van der Waals surface area (Å²) in [6.07, 6.45) is 1.72. The summed E-state index contributed by atoms with van der Waals surface area (Å²) in [6.45, 7) is 4.84. The number of aryl methyl sites for hydroxylation is 1. The molecule has 4 rings (SSSR count). The smallest absolute Gasteiger partial charge is 0.336 e. The van der Waals surface area contributed by atoms with Crippen LogP contribution in [0.25, 0.3) is 11.0 Å². The van der Waals surface area contributed by atoms with Gasteiger partial charge in [0.05, 0.1) is 6.04 Å². The maximum absolute atomic E-state index is 12.4. The highest BCUT2D eigenvalue weighted by Crippen LogP contribution is 2.32. The lowest BCUT2D eigenvalue weighted by molar-refractivity contribution is -0.123. The van der Waals surface area contributed by atoms with Crippen LogP contribution in [0, 0.1) is 0 Å². The van der Waals surface area contributed by atoms with Gasteiger partial charge in [0.15, 0.2) is 18.1 Å². The number of ether oxygens (including phenoxy) is 3. The van der Waals surface area contributed by atoms with Crippen LogP contribution >= 0.6 is 0 Å². The van der Waals surface area contributed by atoms with Gasteiger partial charge in [-0.15, -0.1) is 0 Å². The Kier molecular flexibility index (Phi) is 6.11. The average Bonchev–Trinajstić information content (AvgIpc) is 2.77. The number of hydrogen-bond acceptors (Lipinski definition) is 6. The minimum Gasteiger partial charge on any atom is -0.486 e. The Morgan fingerprint density at radius 1 is 1.10 bits per heavy atom. The minimum absolute atomic E-state index is 0.153. The minimum atomic E-state index is -0.390. The summed E-state index contributed by atoms with van der Waals surface area (Å²) in [6, 6.07) is 12.2. The van der Waals surface area contributed by atoms with Crippen LogP contribution in [0.1, 0.15) is 37.4 Å². The molecule has 0 spiro atoms. The molecule has 0 bridgehead atoms. The topological polar surface area (TPSA) is 87.0 Å². The van der Waals surface area contributed by atoms with Crippen LogP contribution in [0.4, 0.5) is 0 Å². The van der Waals surface area contributed by atoms with Gasteiger partial charge in [-0.05, 0) is 48.7 Å². The zero-order valence-electron chi connectivity index (χ0n) is 17.6. The molecule has 0 saturated heterocycles. The first-order valence-corrected chi connectivity index (χ1v) is 10.4. The Morgan fingerprint density at radius 3 is 2.71 bits per heavy atom. The molecule has 1 aromatic heterocycles. The molecule has 1 atom stereocenters. The molecule has 7 nitrogen and oxygen atoms in total. The molecule has 0 aliphatic carbocycles. The summed E-state index contributed by atoms with van der Waals surface area (Å²) in [4.78, 5) is 24.2. The lowest BCUT2D eigenvalue weighted by atomic mass is 10.1. The van der Waals surface area contributed by atoms with Gasteiger partial charge in [0.25, 0.3) is 5.91 Å². The fourth-order valence-electron chi connectivity index (χ4n) is 3.62. The fraction of sp³-hybridized carbons (Fsp3) is 0.333. The predicted molar refractivity (Wildman–Crippen MR) is 116 cm³/mol. The lowest BCUT2D eigenvalue weighted by Crippen LogP contribution is -2.31. The molecule has 162 valence electrons. The summed E-state index contributed by atoms with van der Waals surface area (Å²) in [5, 5.41) is 3.79. The quantitative estimate of drug-likeness (QED) is 0.582. The molecule has 1 amide bonds. The number of benzene rings is 2. The van der Waals surface area contributed by atoms with E-state index >= 15 is 0 Å². The molecule has 1 aliphatic rings. The van der Waals surface area contributed by atoms with Gasteiger partial charge in [-0.1, -0.05) is 19.4 Å². The van der Waals surface area contributed by atoms with Crippen LogP contribution in [-0.2, 0) is 11.2 Å². The second-order valence-corrected chi connectivity index (χ2v) is 7.48. The molecule has 1 N–H and O–H groups in total. The highest BCUT2D eigenvalue weighted by atomic mass is 16.6.